The number of hydrogen-bond acceptors (Lipinski definition) is 6. The Morgan fingerprint density at radius 3 is 2.91 bits per heavy atom. The summed E-state index contributed by atoms with van der Waals surface area (Å²) >= 11 is 0. The lowest BCUT2D eigenvalue weighted by atomic mass is 10.2. The number of aromatic nitrogens is 5. The van der Waals surface area contributed by atoms with Crippen LogP contribution >= 0.6 is 0 Å². The molecule has 3 aromatic heterocycles. The van der Waals surface area contributed by atoms with Crippen molar-refractivity contribution in [3.63, 3.8) is 0 Å². The summed E-state index contributed by atoms with van der Waals surface area (Å²) in [5, 5.41) is 15.8. The molecule has 23 heavy (non-hydrogen) atoms. The van der Waals surface area contributed by atoms with Crippen LogP contribution in [0, 0.1) is 6.92 Å². The van der Waals surface area contributed by atoms with Crippen LogP contribution in [0.5, 0.6) is 0 Å². The molecule has 0 aliphatic carbocycles. The molecule has 0 saturated heterocycles. The van der Waals surface area contributed by atoms with E-state index < -0.39 is 0 Å². The number of fused-ring (bicyclic) bond motifs is 2. The van der Waals surface area contributed by atoms with Gasteiger partial charge in [-0.15, -0.1) is 15.3 Å². The minimum absolute atomic E-state index is 0.127. The van der Waals surface area contributed by atoms with Gasteiger partial charge < -0.3 is 9.73 Å². The summed E-state index contributed by atoms with van der Waals surface area (Å²) < 4.78 is 7.51. The highest BCUT2D eigenvalue weighted by Gasteiger charge is 2.13. The molecule has 7 nitrogen and oxygen atoms in total. The molecule has 0 amide bonds. The van der Waals surface area contributed by atoms with Crippen LogP contribution in [0.25, 0.3) is 16.7 Å². The predicted octanol–water partition coefficient (Wildman–Crippen LogP) is 2.79. The van der Waals surface area contributed by atoms with E-state index in [-0.39, 0.29) is 5.92 Å². The van der Waals surface area contributed by atoms with E-state index in [0.29, 0.717) is 6.54 Å². The SMILES string of the molecule is Cc1nnc2ccc(NCC(C)c3nc4ccccc4o3)nn12. The van der Waals surface area contributed by atoms with Gasteiger partial charge in [-0.05, 0) is 31.2 Å². The predicted molar refractivity (Wildman–Crippen MR) is 86.4 cm³/mol. The maximum absolute atomic E-state index is 5.80. The van der Waals surface area contributed by atoms with Crippen molar-refractivity contribution in [3.05, 3.63) is 48.1 Å². The molecule has 0 aliphatic heterocycles. The number of nitrogens with zero attached hydrogens (tertiary/aromatic N) is 5. The smallest absolute Gasteiger partial charge is 0.200 e. The van der Waals surface area contributed by atoms with Crippen LogP contribution in [-0.4, -0.2) is 31.3 Å². The van der Waals surface area contributed by atoms with Gasteiger partial charge in [-0.1, -0.05) is 19.1 Å². The largest absolute Gasteiger partial charge is 0.440 e. The van der Waals surface area contributed by atoms with E-state index in [4.69, 9.17) is 4.42 Å². The Labute approximate surface area is 132 Å². The Bertz CT molecular complexity index is 940. The van der Waals surface area contributed by atoms with Crippen molar-refractivity contribution in [1.29, 1.82) is 0 Å². The van der Waals surface area contributed by atoms with Gasteiger partial charge in [-0.3, -0.25) is 0 Å². The van der Waals surface area contributed by atoms with E-state index in [1.54, 1.807) is 4.52 Å². The maximum Gasteiger partial charge on any atom is 0.200 e. The third-order valence-corrected chi connectivity index (χ3v) is 3.74. The van der Waals surface area contributed by atoms with E-state index in [1.165, 1.54) is 0 Å². The highest BCUT2D eigenvalue weighted by Crippen LogP contribution is 2.21. The van der Waals surface area contributed by atoms with Gasteiger partial charge in [0.25, 0.3) is 0 Å². The molecular formula is C16H16N6O. The van der Waals surface area contributed by atoms with Crippen molar-refractivity contribution < 1.29 is 4.42 Å². The monoisotopic (exact) mass is 308 g/mol. The van der Waals surface area contributed by atoms with Gasteiger partial charge in [0.2, 0.25) is 0 Å². The van der Waals surface area contributed by atoms with E-state index in [1.807, 2.05) is 43.3 Å². The van der Waals surface area contributed by atoms with Crippen LogP contribution in [0.4, 0.5) is 5.82 Å². The molecular weight excluding hydrogens is 292 g/mol. The topological polar surface area (TPSA) is 81.1 Å². The highest BCUT2D eigenvalue weighted by molar-refractivity contribution is 5.72. The number of oxazole rings is 1. The molecule has 1 N–H and O–H groups in total. The van der Waals surface area contributed by atoms with Gasteiger partial charge in [0.15, 0.2) is 22.9 Å². The first-order valence-corrected chi connectivity index (χ1v) is 7.49. The molecule has 0 saturated carbocycles. The van der Waals surface area contributed by atoms with Crippen LogP contribution in [-0.2, 0) is 0 Å². The molecule has 0 spiro atoms. The zero-order valence-corrected chi connectivity index (χ0v) is 12.9. The third kappa shape index (κ3) is 2.50. The zero-order chi connectivity index (χ0) is 15.8. The molecule has 3 heterocycles. The first kappa shape index (κ1) is 13.7. The van der Waals surface area contributed by atoms with Gasteiger partial charge in [0.05, 0.1) is 5.92 Å². The van der Waals surface area contributed by atoms with Crippen molar-refractivity contribution in [2.24, 2.45) is 0 Å². The number of rotatable bonds is 4. The maximum atomic E-state index is 5.80. The summed E-state index contributed by atoms with van der Waals surface area (Å²) in [6, 6.07) is 11.6. The first-order valence-electron chi connectivity index (χ1n) is 7.49. The average molecular weight is 308 g/mol. The summed E-state index contributed by atoms with van der Waals surface area (Å²) in [4.78, 5) is 4.53. The second kappa shape index (κ2) is 5.35. The van der Waals surface area contributed by atoms with E-state index >= 15 is 0 Å². The molecule has 4 rings (SSSR count). The van der Waals surface area contributed by atoms with Crippen molar-refractivity contribution >= 4 is 22.6 Å². The fourth-order valence-electron chi connectivity index (χ4n) is 2.44. The van der Waals surface area contributed by atoms with Gasteiger partial charge in [-0.25, -0.2) is 4.98 Å². The lowest BCUT2D eigenvalue weighted by Gasteiger charge is -2.09. The number of nitrogens with one attached hydrogen (secondary N) is 1. The number of anilines is 1. The lowest BCUT2D eigenvalue weighted by Crippen LogP contribution is -2.12. The Kier molecular flexibility index (Phi) is 3.18. The first-order chi connectivity index (χ1) is 11.2. The number of para-hydroxylation sites is 2. The summed E-state index contributed by atoms with van der Waals surface area (Å²) in [6.45, 7) is 4.62. The van der Waals surface area contributed by atoms with Gasteiger partial charge in [-0.2, -0.15) is 4.52 Å². The minimum atomic E-state index is 0.127. The van der Waals surface area contributed by atoms with Gasteiger partial charge in [0.1, 0.15) is 11.3 Å². The Hall–Kier alpha value is -2.96. The number of aryl methyl sites for hydroxylation is 1. The van der Waals surface area contributed by atoms with Crippen molar-refractivity contribution in [3.8, 4) is 0 Å². The molecule has 1 unspecified atom stereocenters. The van der Waals surface area contributed by atoms with Crippen LogP contribution in [0.3, 0.4) is 0 Å². The summed E-state index contributed by atoms with van der Waals surface area (Å²) in [7, 11) is 0. The van der Waals surface area contributed by atoms with Crippen LogP contribution in [0.1, 0.15) is 24.6 Å². The van der Waals surface area contributed by atoms with Crippen molar-refractivity contribution in [1.82, 2.24) is 24.8 Å². The van der Waals surface area contributed by atoms with Crippen LogP contribution < -0.4 is 5.32 Å². The molecule has 0 fully saturated rings. The Morgan fingerprint density at radius 1 is 1.17 bits per heavy atom. The molecule has 0 bridgehead atoms. The molecule has 4 aromatic rings. The molecule has 1 aromatic carbocycles. The molecule has 116 valence electrons. The standard InChI is InChI=1S/C16H16N6O/c1-10(16-18-12-5-3-4-6-13(12)23-16)9-17-14-7-8-15-20-19-11(2)22(15)21-14/h3-8,10H,9H2,1-2H3,(H,17,21). The second-order valence-electron chi connectivity index (χ2n) is 5.54. The summed E-state index contributed by atoms with van der Waals surface area (Å²) in [5.74, 6) is 2.38. The minimum Gasteiger partial charge on any atom is -0.440 e. The van der Waals surface area contributed by atoms with Crippen LogP contribution in [0.15, 0.2) is 40.8 Å². The summed E-state index contributed by atoms with van der Waals surface area (Å²) in [5.41, 5.74) is 2.43. The fourth-order valence-corrected chi connectivity index (χ4v) is 2.44. The zero-order valence-electron chi connectivity index (χ0n) is 12.9. The van der Waals surface area contributed by atoms with E-state index in [2.05, 4.69) is 32.5 Å². The summed E-state index contributed by atoms with van der Waals surface area (Å²) in [6.07, 6.45) is 0. The van der Waals surface area contributed by atoms with E-state index in [9.17, 15) is 0 Å². The van der Waals surface area contributed by atoms with Gasteiger partial charge in [0, 0.05) is 6.54 Å². The molecule has 0 radical (unpaired) electrons. The average Bonchev–Trinajstić information content (AvgIpc) is 3.16. The van der Waals surface area contributed by atoms with Crippen molar-refractivity contribution in [2.75, 3.05) is 11.9 Å². The number of hydrogen-bond donors (Lipinski definition) is 1. The quantitative estimate of drug-likeness (QED) is 0.624. The molecule has 1 atom stereocenters. The van der Waals surface area contributed by atoms with Gasteiger partial charge >= 0.3 is 0 Å². The second-order valence-corrected chi connectivity index (χ2v) is 5.54. The Morgan fingerprint density at radius 2 is 2.04 bits per heavy atom. The van der Waals surface area contributed by atoms with E-state index in [0.717, 1.165) is 34.3 Å². The molecule has 7 heteroatoms. The Balaban J connectivity index is 1.51. The van der Waals surface area contributed by atoms with Crippen LogP contribution in [0.2, 0.25) is 0 Å². The third-order valence-electron chi connectivity index (χ3n) is 3.74. The fraction of sp³-hybridized carbons (Fsp3) is 0.250. The lowest BCUT2D eigenvalue weighted by molar-refractivity contribution is 0.494. The highest BCUT2D eigenvalue weighted by atomic mass is 16.3. The molecule has 0 aliphatic rings. The number of benzene rings is 1. The van der Waals surface area contributed by atoms with Crippen molar-refractivity contribution in [2.45, 2.75) is 19.8 Å². The normalized spacial score (nSPS) is 12.8.